The summed E-state index contributed by atoms with van der Waals surface area (Å²) in [7, 11) is 0. The number of carbonyl (C=O) groups excluding carboxylic acids is 6. The van der Waals surface area contributed by atoms with E-state index in [1.54, 1.807) is 74.5 Å². The van der Waals surface area contributed by atoms with Crippen LogP contribution in [-0.2, 0) is 60.6 Å². The third-order valence-corrected chi connectivity index (χ3v) is 11.4. The van der Waals surface area contributed by atoms with E-state index in [1.165, 1.54) is 6.92 Å². The van der Waals surface area contributed by atoms with Gasteiger partial charge in [0.05, 0.1) is 38.5 Å². The fourth-order valence-electron chi connectivity index (χ4n) is 7.53. The molecule has 25 nitrogen and oxygen atoms in total. The van der Waals surface area contributed by atoms with E-state index in [1.807, 2.05) is 0 Å². The van der Waals surface area contributed by atoms with Gasteiger partial charge in [-0.1, -0.05) is 74.5 Å². The molecule has 6 amide bonds. The Hall–Kier alpha value is -5.26. The van der Waals surface area contributed by atoms with Crippen molar-refractivity contribution in [2.75, 3.05) is 26.4 Å². The van der Waals surface area contributed by atoms with Gasteiger partial charge in [-0.05, 0) is 36.8 Å². The molecular formula is C45H67N7O18. The van der Waals surface area contributed by atoms with E-state index in [-0.39, 0.29) is 25.2 Å². The van der Waals surface area contributed by atoms with E-state index < -0.39 is 160 Å². The van der Waals surface area contributed by atoms with Crippen LogP contribution in [0.15, 0.2) is 60.7 Å². The summed E-state index contributed by atoms with van der Waals surface area (Å²) in [5, 5.41) is 94.7. The van der Waals surface area contributed by atoms with Gasteiger partial charge in [0, 0.05) is 6.42 Å². The van der Waals surface area contributed by atoms with E-state index in [0.717, 1.165) is 5.56 Å². The van der Waals surface area contributed by atoms with E-state index in [0.29, 0.717) is 5.56 Å². The standard InChI is InChI=1S/C45H67N7O18/c1-21(2)14-26(41(64)51-28(39(47)62)20-67-44-37(61)35(59)38(30(19-54)69-44)70-45-36(60)34(58)33(57)29(18-53)68-45)50-42(65)27(16-24-12-8-5-9-13-24)49-31(56)17-48-43(66)32(22(3)55)52-40(63)25(46)15-23-10-6-4-7-11-23/h4-13,21-22,25-30,32-38,44-45,53-55,57-61H,14-20,46H2,1-3H3,(H2,47,62)(H,48,66)(H,49,56)(H,50,65)(H,51,64)(H,52,63)/t22-,25+,26+,27+,28+,29+,30+,32+,33-,34-,35+,36+,37+,38+,44+,45-/m1/s1. The molecule has 16 atom stereocenters. The SMILES string of the molecule is CC(C)C[C@H](NC(=O)[C@H](Cc1ccccc1)NC(=O)CNC(=O)[C@@H](NC(=O)[C@@H](N)Cc1ccccc1)[C@@H](C)O)C(=O)N[C@@H](CO[C@H]1O[C@@H](CO)[C@H](O[C@H]2O[C@@H](CO)[C@@H](O)[C@@H](O)[C@@H]2O)[C@@H](O)[C@@H]1O)C(N)=O. The largest absolute Gasteiger partial charge is 0.394 e. The number of hydrogen-bond donors (Lipinski definition) is 15. The molecule has 0 aromatic heterocycles. The van der Waals surface area contributed by atoms with Gasteiger partial charge in [0.2, 0.25) is 35.4 Å². The Morgan fingerprint density at radius 3 is 1.74 bits per heavy atom. The topological polar surface area (TPSA) is 413 Å². The Labute approximate surface area is 403 Å². The fraction of sp³-hybridized carbons (Fsp3) is 0.600. The molecule has 0 aliphatic carbocycles. The molecule has 4 rings (SSSR count). The third-order valence-electron chi connectivity index (χ3n) is 11.4. The first-order valence-electron chi connectivity index (χ1n) is 22.6. The summed E-state index contributed by atoms with van der Waals surface area (Å²) in [6.45, 7) is 1.58. The smallest absolute Gasteiger partial charge is 0.245 e. The summed E-state index contributed by atoms with van der Waals surface area (Å²) < 4.78 is 22.0. The van der Waals surface area contributed by atoms with Gasteiger partial charge in [0.15, 0.2) is 12.6 Å². The highest BCUT2D eigenvalue weighted by atomic mass is 16.7. The lowest BCUT2D eigenvalue weighted by atomic mass is 9.97. The molecule has 0 bridgehead atoms. The summed E-state index contributed by atoms with van der Waals surface area (Å²) in [6.07, 6.45) is -18.9. The fourth-order valence-corrected chi connectivity index (χ4v) is 7.53. The average Bonchev–Trinajstić information content (AvgIpc) is 3.32. The number of rotatable bonds is 25. The molecule has 0 radical (unpaired) electrons. The average molecular weight is 994 g/mol. The maximum absolute atomic E-state index is 14.0. The van der Waals surface area contributed by atoms with Crippen LogP contribution >= 0.6 is 0 Å². The van der Waals surface area contributed by atoms with Crippen LogP contribution in [0.1, 0.15) is 38.3 Å². The minimum atomic E-state index is -1.98. The van der Waals surface area contributed by atoms with Crippen LogP contribution in [-0.4, -0.2) is 200 Å². The van der Waals surface area contributed by atoms with Crippen molar-refractivity contribution < 1.29 is 88.6 Å². The van der Waals surface area contributed by atoms with Gasteiger partial charge in [-0.3, -0.25) is 28.8 Å². The van der Waals surface area contributed by atoms with Crippen LogP contribution in [0.3, 0.4) is 0 Å². The molecule has 390 valence electrons. The maximum Gasteiger partial charge on any atom is 0.245 e. The highest BCUT2D eigenvalue weighted by molar-refractivity contribution is 5.95. The number of carbonyl (C=O) groups is 6. The van der Waals surface area contributed by atoms with Crippen molar-refractivity contribution in [3.63, 3.8) is 0 Å². The molecule has 17 N–H and O–H groups in total. The first-order chi connectivity index (χ1) is 33.1. The predicted molar refractivity (Wildman–Crippen MR) is 242 cm³/mol. The molecule has 2 aromatic carbocycles. The molecule has 25 heteroatoms. The number of ether oxygens (including phenoxy) is 4. The van der Waals surface area contributed by atoms with Crippen LogP contribution in [0.5, 0.6) is 0 Å². The highest BCUT2D eigenvalue weighted by Crippen LogP contribution is 2.29. The van der Waals surface area contributed by atoms with Crippen LogP contribution in [0.2, 0.25) is 0 Å². The van der Waals surface area contributed by atoms with Crippen molar-refractivity contribution in [3.05, 3.63) is 71.8 Å². The Bertz CT molecular complexity index is 2000. The van der Waals surface area contributed by atoms with Gasteiger partial charge in [-0.15, -0.1) is 0 Å². The van der Waals surface area contributed by atoms with Crippen LogP contribution in [0.25, 0.3) is 0 Å². The number of benzene rings is 2. The molecule has 0 spiro atoms. The van der Waals surface area contributed by atoms with E-state index in [9.17, 15) is 69.6 Å². The maximum atomic E-state index is 14.0. The molecule has 0 saturated carbocycles. The van der Waals surface area contributed by atoms with Crippen molar-refractivity contribution in [3.8, 4) is 0 Å². The minimum Gasteiger partial charge on any atom is -0.394 e. The molecule has 2 aliphatic rings. The number of aliphatic hydroxyl groups is 8. The van der Waals surface area contributed by atoms with Crippen LogP contribution < -0.4 is 38.1 Å². The predicted octanol–water partition coefficient (Wildman–Crippen LogP) is -6.59. The second-order valence-electron chi connectivity index (χ2n) is 17.5. The van der Waals surface area contributed by atoms with Gasteiger partial charge in [-0.25, -0.2) is 0 Å². The van der Waals surface area contributed by atoms with E-state index >= 15 is 0 Å². The number of hydrogen-bond acceptors (Lipinski definition) is 19. The molecule has 70 heavy (non-hydrogen) atoms. The van der Waals surface area contributed by atoms with Crippen molar-refractivity contribution in [2.45, 2.75) is 138 Å². The quantitative estimate of drug-likeness (QED) is 0.0440. The monoisotopic (exact) mass is 993 g/mol. The molecule has 2 saturated heterocycles. The second-order valence-corrected chi connectivity index (χ2v) is 17.5. The third kappa shape index (κ3) is 16.4. The Morgan fingerprint density at radius 2 is 1.19 bits per heavy atom. The molecule has 2 aromatic rings. The normalized spacial score (nSPS) is 27.2. The van der Waals surface area contributed by atoms with Gasteiger partial charge in [-0.2, -0.15) is 0 Å². The molecular weight excluding hydrogens is 927 g/mol. The summed E-state index contributed by atoms with van der Waals surface area (Å²) >= 11 is 0. The summed E-state index contributed by atoms with van der Waals surface area (Å²) in [4.78, 5) is 79.8. The minimum absolute atomic E-state index is 0.00190. The number of aliphatic hydroxyl groups excluding tert-OH is 8. The first kappa shape index (κ1) is 57.3. The lowest BCUT2D eigenvalue weighted by Crippen LogP contribution is -2.65. The summed E-state index contributed by atoms with van der Waals surface area (Å²) in [5.74, 6) is -5.66. The summed E-state index contributed by atoms with van der Waals surface area (Å²) in [6, 6.07) is 10.5. The lowest BCUT2D eigenvalue weighted by Gasteiger charge is -2.46. The van der Waals surface area contributed by atoms with Crippen molar-refractivity contribution in [1.29, 1.82) is 0 Å². The molecule has 2 heterocycles. The van der Waals surface area contributed by atoms with Crippen molar-refractivity contribution >= 4 is 35.4 Å². The number of amides is 6. The van der Waals surface area contributed by atoms with E-state index in [4.69, 9.17) is 30.4 Å². The molecule has 2 aliphatic heterocycles. The van der Waals surface area contributed by atoms with Gasteiger partial charge in [0.1, 0.15) is 73.0 Å². The Balaban J connectivity index is 1.39. The Kier molecular flexibility index (Phi) is 22.4. The molecule has 0 unspecified atom stereocenters. The zero-order valence-electron chi connectivity index (χ0n) is 38.9. The second kappa shape index (κ2) is 27.4. The van der Waals surface area contributed by atoms with Crippen LogP contribution in [0, 0.1) is 5.92 Å². The summed E-state index contributed by atoms with van der Waals surface area (Å²) in [5.41, 5.74) is 13.0. The first-order valence-corrected chi connectivity index (χ1v) is 22.6. The highest BCUT2D eigenvalue weighted by Gasteiger charge is 2.51. The van der Waals surface area contributed by atoms with Crippen molar-refractivity contribution in [1.82, 2.24) is 26.6 Å². The number of nitrogens with two attached hydrogens (primary N) is 2. The number of nitrogens with one attached hydrogen (secondary N) is 5. The van der Waals surface area contributed by atoms with Gasteiger partial charge in [0.25, 0.3) is 0 Å². The van der Waals surface area contributed by atoms with Gasteiger partial charge < -0.3 is 97.9 Å². The molecule has 2 fully saturated rings. The zero-order chi connectivity index (χ0) is 51.8. The van der Waals surface area contributed by atoms with Crippen molar-refractivity contribution in [2.24, 2.45) is 17.4 Å². The Morgan fingerprint density at radius 1 is 0.643 bits per heavy atom. The number of primary amides is 1. The van der Waals surface area contributed by atoms with E-state index in [2.05, 4.69) is 26.6 Å². The van der Waals surface area contributed by atoms with Gasteiger partial charge >= 0.3 is 0 Å². The lowest BCUT2D eigenvalue weighted by molar-refractivity contribution is -0.359. The van der Waals surface area contributed by atoms with Crippen LogP contribution in [0.4, 0.5) is 0 Å². The zero-order valence-corrected chi connectivity index (χ0v) is 38.9.